The molecule has 0 unspecified atom stereocenters. The summed E-state index contributed by atoms with van der Waals surface area (Å²) in [5.41, 5.74) is 1.96. The molecule has 1 heterocycles. The van der Waals surface area contributed by atoms with Gasteiger partial charge in [-0.15, -0.1) is 0 Å². The minimum Gasteiger partial charge on any atom is -0.266 e. The molecule has 16 heavy (non-hydrogen) atoms. The van der Waals surface area contributed by atoms with E-state index in [-0.39, 0.29) is 5.82 Å². The average Bonchev–Trinajstić information content (AvgIpc) is 2.52. The van der Waals surface area contributed by atoms with Crippen LogP contribution in [0.3, 0.4) is 0 Å². The van der Waals surface area contributed by atoms with E-state index < -0.39 is 0 Å². The Kier molecular flexibility index (Phi) is 3.49. The maximum atomic E-state index is 13.1. The second kappa shape index (κ2) is 4.71. The van der Waals surface area contributed by atoms with Gasteiger partial charge in [0.15, 0.2) is 0 Å². The molecule has 0 spiro atoms. The minimum atomic E-state index is -0.228. The molecule has 0 fully saturated rings. The lowest BCUT2D eigenvalue weighted by Crippen LogP contribution is -2.02. The van der Waals surface area contributed by atoms with Gasteiger partial charge in [0.1, 0.15) is 9.52 Å². The van der Waals surface area contributed by atoms with Crippen molar-refractivity contribution in [2.24, 2.45) is 0 Å². The lowest BCUT2D eigenvalue weighted by Gasteiger charge is -2.05. The molecule has 2 aromatic rings. The molecule has 2 nitrogen and oxygen atoms in total. The van der Waals surface area contributed by atoms with Crippen molar-refractivity contribution < 1.29 is 4.39 Å². The van der Waals surface area contributed by atoms with Crippen LogP contribution >= 0.6 is 34.2 Å². The Hall–Kier alpha value is -0.620. The number of hydrogen-bond donors (Lipinski definition) is 0. The van der Waals surface area contributed by atoms with E-state index in [1.807, 2.05) is 6.92 Å². The van der Waals surface area contributed by atoms with Crippen LogP contribution in [0.2, 0.25) is 5.02 Å². The zero-order valence-electron chi connectivity index (χ0n) is 8.54. The van der Waals surface area contributed by atoms with Crippen LogP contribution in [-0.2, 0) is 6.54 Å². The van der Waals surface area contributed by atoms with Gasteiger partial charge >= 0.3 is 0 Å². The number of nitrogens with zero attached hydrogens (tertiary/aromatic N) is 2. The predicted molar refractivity (Wildman–Crippen MR) is 70.2 cm³/mol. The zero-order chi connectivity index (χ0) is 11.7. The number of aryl methyl sites for hydroxylation is 1. The summed E-state index contributed by atoms with van der Waals surface area (Å²) in [6.45, 7) is 2.48. The van der Waals surface area contributed by atoms with Crippen LogP contribution in [0.25, 0.3) is 0 Å². The minimum absolute atomic E-state index is 0.228. The van der Waals surface area contributed by atoms with Crippen molar-refractivity contribution in [2.45, 2.75) is 13.5 Å². The second-order valence-electron chi connectivity index (χ2n) is 3.54. The number of aromatic nitrogens is 2. The zero-order valence-corrected chi connectivity index (χ0v) is 11.5. The Bertz CT molecular complexity index is 505. The van der Waals surface area contributed by atoms with Gasteiger partial charge in [0, 0.05) is 6.20 Å². The molecule has 0 saturated heterocycles. The molecule has 0 amide bonds. The van der Waals surface area contributed by atoms with Crippen LogP contribution < -0.4 is 0 Å². The fraction of sp³-hybridized carbons (Fsp3) is 0.182. The topological polar surface area (TPSA) is 17.8 Å². The first kappa shape index (κ1) is 11.9. The van der Waals surface area contributed by atoms with Crippen molar-refractivity contribution in [3.8, 4) is 0 Å². The van der Waals surface area contributed by atoms with Crippen molar-refractivity contribution in [3.63, 3.8) is 0 Å². The highest BCUT2D eigenvalue weighted by atomic mass is 127. The van der Waals surface area contributed by atoms with E-state index >= 15 is 0 Å². The number of hydrogen-bond acceptors (Lipinski definition) is 1. The lowest BCUT2D eigenvalue weighted by molar-refractivity contribution is 0.617. The SMILES string of the molecule is Cc1ccc(F)cc1Cn1cc(Cl)c(I)n1. The van der Waals surface area contributed by atoms with Crippen LogP contribution in [0, 0.1) is 16.4 Å². The molecule has 84 valence electrons. The van der Waals surface area contributed by atoms with Gasteiger partial charge in [-0.2, -0.15) is 5.10 Å². The first-order chi connectivity index (χ1) is 7.56. The van der Waals surface area contributed by atoms with Gasteiger partial charge in [0.25, 0.3) is 0 Å². The molecular formula is C11H9ClFIN2. The Morgan fingerprint density at radius 1 is 1.50 bits per heavy atom. The van der Waals surface area contributed by atoms with Crippen LogP contribution in [0.4, 0.5) is 4.39 Å². The molecule has 0 bridgehead atoms. The molecule has 0 aliphatic heterocycles. The summed E-state index contributed by atoms with van der Waals surface area (Å²) in [6.07, 6.45) is 1.74. The monoisotopic (exact) mass is 350 g/mol. The van der Waals surface area contributed by atoms with E-state index in [0.29, 0.717) is 11.6 Å². The highest BCUT2D eigenvalue weighted by Gasteiger charge is 2.06. The van der Waals surface area contributed by atoms with E-state index in [1.54, 1.807) is 16.9 Å². The first-order valence-corrected chi connectivity index (χ1v) is 6.15. The predicted octanol–water partition coefficient (Wildman–Crippen LogP) is 3.64. The molecule has 0 N–H and O–H groups in total. The lowest BCUT2D eigenvalue weighted by atomic mass is 10.1. The molecule has 1 aromatic carbocycles. The van der Waals surface area contributed by atoms with E-state index in [0.717, 1.165) is 14.8 Å². The molecule has 0 radical (unpaired) electrons. The van der Waals surface area contributed by atoms with Gasteiger partial charge in [-0.25, -0.2) is 4.39 Å². The van der Waals surface area contributed by atoms with E-state index in [1.165, 1.54) is 12.1 Å². The van der Waals surface area contributed by atoms with Crippen molar-refractivity contribution in [2.75, 3.05) is 0 Å². The third-order valence-corrected chi connectivity index (χ3v) is 3.71. The molecule has 2 rings (SSSR count). The summed E-state index contributed by atoms with van der Waals surface area (Å²) in [5.74, 6) is -0.228. The van der Waals surface area contributed by atoms with Gasteiger partial charge in [0.05, 0.1) is 11.6 Å². The molecule has 5 heteroatoms. The summed E-state index contributed by atoms with van der Waals surface area (Å²) in [5, 5.41) is 4.85. The molecule has 0 aliphatic rings. The van der Waals surface area contributed by atoms with Crippen LogP contribution in [0.15, 0.2) is 24.4 Å². The third kappa shape index (κ3) is 2.55. The van der Waals surface area contributed by atoms with Gasteiger partial charge in [-0.3, -0.25) is 4.68 Å². The fourth-order valence-electron chi connectivity index (χ4n) is 1.44. The van der Waals surface area contributed by atoms with E-state index in [2.05, 4.69) is 27.7 Å². The van der Waals surface area contributed by atoms with Crippen molar-refractivity contribution in [1.29, 1.82) is 0 Å². The highest BCUT2D eigenvalue weighted by Crippen LogP contribution is 2.18. The van der Waals surface area contributed by atoms with Crippen LogP contribution in [0.5, 0.6) is 0 Å². The Balaban J connectivity index is 2.29. The van der Waals surface area contributed by atoms with E-state index in [9.17, 15) is 4.39 Å². The maximum absolute atomic E-state index is 13.1. The van der Waals surface area contributed by atoms with Gasteiger partial charge in [-0.05, 0) is 52.8 Å². The largest absolute Gasteiger partial charge is 0.266 e. The summed E-state index contributed by atoms with van der Waals surface area (Å²) in [6, 6.07) is 4.75. The second-order valence-corrected chi connectivity index (χ2v) is 4.97. The average molecular weight is 351 g/mol. The van der Waals surface area contributed by atoms with Crippen LogP contribution in [0.1, 0.15) is 11.1 Å². The Morgan fingerprint density at radius 2 is 2.25 bits per heavy atom. The van der Waals surface area contributed by atoms with Crippen LogP contribution in [-0.4, -0.2) is 9.78 Å². The van der Waals surface area contributed by atoms with Crippen molar-refractivity contribution in [1.82, 2.24) is 9.78 Å². The van der Waals surface area contributed by atoms with Crippen molar-refractivity contribution in [3.05, 3.63) is 50.1 Å². The van der Waals surface area contributed by atoms with Gasteiger partial charge in [-0.1, -0.05) is 17.7 Å². The molecular weight excluding hydrogens is 341 g/mol. The molecule has 0 saturated carbocycles. The Morgan fingerprint density at radius 3 is 2.88 bits per heavy atom. The maximum Gasteiger partial charge on any atom is 0.141 e. The Labute approximate surface area is 112 Å². The standard InChI is InChI=1S/C11H9ClFIN2/c1-7-2-3-9(13)4-8(7)5-16-6-10(12)11(14)15-16/h2-4,6H,5H2,1H3. The summed E-state index contributed by atoms with van der Waals surface area (Å²) in [7, 11) is 0. The molecule has 0 atom stereocenters. The fourth-order valence-corrected chi connectivity index (χ4v) is 2.01. The van der Waals surface area contributed by atoms with E-state index in [4.69, 9.17) is 11.6 Å². The van der Waals surface area contributed by atoms with Gasteiger partial charge < -0.3 is 0 Å². The normalized spacial score (nSPS) is 10.8. The van der Waals surface area contributed by atoms with Crippen molar-refractivity contribution >= 4 is 34.2 Å². The number of rotatable bonds is 2. The quantitative estimate of drug-likeness (QED) is 0.756. The number of benzene rings is 1. The third-order valence-electron chi connectivity index (χ3n) is 2.32. The number of halogens is 3. The highest BCUT2D eigenvalue weighted by molar-refractivity contribution is 14.1. The summed E-state index contributed by atoms with van der Waals surface area (Å²) in [4.78, 5) is 0. The summed E-state index contributed by atoms with van der Waals surface area (Å²) >= 11 is 7.97. The van der Waals surface area contributed by atoms with Gasteiger partial charge in [0.2, 0.25) is 0 Å². The molecule has 0 aliphatic carbocycles. The smallest absolute Gasteiger partial charge is 0.141 e. The molecule has 1 aromatic heterocycles. The first-order valence-electron chi connectivity index (χ1n) is 4.70. The summed E-state index contributed by atoms with van der Waals surface area (Å²) < 4.78 is 15.5.